The standard InChI is InChI=1S/C27H35Cl2N3O6S/c1-5-18(3)30-27(34)23(6-2)31(16-19-9-10-20(28)14-22(19)29)26(33)8-7-13-32(39(4,35)36)21-11-12-24-25(15-21)38-17-37-24/h9-12,14-15,18,23H,5-8,13,16-17H2,1-4H3,(H,30,34)/t18-,23-/m1/s1. The second-order valence-corrected chi connectivity index (χ2v) is 12.2. The van der Waals surface area contributed by atoms with Crippen molar-refractivity contribution in [3.05, 3.63) is 52.0 Å². The molecule has 0 aliphatic carbocycles. The van der Waals surface area contributed by atoms with Crippen molar-refractivity contribution in [3.8, 4) is 11.5 Å². The normalized spacial score (nSPS) is 14.0. The summed E-state index contributed by atoms with van der Waals surface area (Å²) in [6, 6.07) is 9.13. The number of anilines is 1. The third kappa shape index (κ3) is 8.16. The fraction of sp³-hybridized carbons (Fsp3) is 0.481. The maximum Gasteiger partial charge on any atom is 0.243 e. The summed E-state index contributed by atoms with van der Waals surface area (Å²) in [4.78, 5) is 28.2. The summed E-state index contributed by atoms with van der Waals surface area (Å²) in [5.41, 5.74) is 1.07. The van der Waals surface area contributed by atoms with Crippen molar-refractivity contribution in [2.24, 2.45) is 0 Å². The lowest BCUT2D eigenvalue weighted by Gasteiger charge is -2.32. The van der Waals surface area contributed by atoms with Gasteiger partial charge in [-0.15, -0.1) is 0 Å². The Bertz CT molecular complexity index is 1290. The van der Waals surface area contributed by atoms with Gasteiger partial charge in [0.2, 0.25) is 28.6 Å². The summed E-state index contributed by atoms with van der Waals surface area (Å²) < 4.78 is 37.1. The fourth-order valence-electron chi connectivity index (χ4n) is 4.24. The van der Waals surface area contributed by atoms with Crippen molar-refractivity contribution in [2.45, 2.75) is 65.1 Å². The maximum atomic E-state index is 13.6. The van der Waals surface area contributed by atoms with Crippen LogP contribution in [0.2, 0.25) is 10.0 Å². The molecule has 2 atom stereocenters. The van der Waals surface area contributed by atoms with Crippen molar-refractivity contribution in [1.82, 2.24) is 10.2 Å². The molecule has 0 spiro atoms. The van der Waals surface area contributed by atoms with Gasteiger partial charge in [-0.05, 0) is 56.0 Å². The molecule has 2 aromatic carbocycles. The van der Waals surface area contributed by atoms with Gasteiger partial charge in [-0.1, -0.05) is 43.1 Å². The quantitative estimate of drug-likeness (QED) is 0.348. The van der Waals surface area contributed by atoms with Gasteiger partial charge in [-0.3, -0.25) is 13.9 Å². The number of hydrogen-bond acceptors (Lipinski definition) is 6. The predicted molar refractivity (Wildman–Crippen MR) is 153 cm³/mol. The number of hydrogen-bond donors (Lipinski definition) is 1. The van der Waals surface area contributed by atoms with Gasteiger partial charge in [0.1, 0.15) is 6.04 Å². The Labute approximate surface area is 240 Å². The number of carbonyl (C=O) groups excluding carboxylic acids is 2. The monoisotopic (exact) mass is 599 g/mol. The SMILES string of the molecule is CC[C@@H](C)NC(=O)[C@@H](CC)N(Cc1ccc(Cl)cc1Cl)C(=O)CCCN(c1ccc2c(c1)OCO2)S(C)(=O)=O. The zero-order valence-electron chi connectivity index (χ0n) is 22.6. The highest BCUT2D eigenvalue weighted by atomic mass is 35.5. The molecule has 3 rings (SSSR count). The zero-order chi connectivity index (χ0) is 28.7. The summed E-state index contributed by atoms with van der Waals surface area (Å²) in [5.74, 6) is 0.469. The third-order valence-corrected chi connectivity index (χ3v) is 8.32. The first-order valence-electron chi connectivity index (χ1n) is 12.9. The van der Waals surface area contributed by atoms with E-state index in [1.807, 2.05) is 20.8 Å². The lowest BCUT2D eigenvalue weighted by atomic mass is 10.1. The average molecular weight is 601 g/mol. The number of sulfonamides is 1. The van der Waals surface area contributed by atoms with Gasteiger partial charge < -0.3 is 19.7 Å². The molecule has 39 heavy (non-hydrogen) atoms. The minimum absolute atomic E-state index is 0.0227. The van der Waals surface area contributed by atoms with E-state index in [1.54, 1.807) is 36.4 Å². The zero-order valence-corrected chi connectivity index (χ0v) is 24.9. The Morgan fingerprint density at radius 2 is 1.77 bits per heavy atom. The molecule has 0 fully saturated rings. The van der Waals surface area contributed by atoms with E-state index in [9.17, 15) is 18.0 Å². The van der Waals surface area contributed by atoms with E-state index < -0.39 is 16.1 Å². The number of amides is 2. The van der Waals surface area contributed by atoms with E-state index in [1.165, 1.54) is 9.21 Å². The van der Waals surface area contributed by atoms with Crippen LogP contribution >= 0.6 is 23.2 Å². The number of benzene rings is 2. The topological polar surface area (TPSA) is 105 Å². The van der Waals surface area contributed by atoms with Gasteiger partial charge >= 0.3 is 0 Å². The van der Waals surface area contributed by atoms with Crippen LogP contribution in [0.5, 0.6) is 11.5 Å². The van der Waals surface area contributed by atoms with E-state index in [0.29, 0.717) is 39.2 Å². The molecule has 1 aliphatic rings. The molecular weight excluding hydrogens is 565 g/mol. The van der Waals surface area contributed by atoms with Crippen molar-refractivity contribution in [3.63, 3.8) is 0 Å². The molecule has 0 saturated heterocycles. The van der Waals surface area contributed by atoms with Gasteiger partial charge in [0.15, 0.2) is 11.5 Å². The van der Waals surface area contributed by atoms with Gasteiger partial charge in [0.05, 0.1) is 11.9 Å². The fourth-order valence-corrected chi connectivity index (χ4v) is 5.66. The molecule has 1 aliphatic heterocycles. The largest absolute Gasteiger partial charge is 0.454 e. The number of nitrogens with zero attached hydrogens (tertiary/aromatic N) is 2. The van der Waals surface area contributed by atoms with Gasteiger partial charge in [0, 0.05) is 41.7 Å². The Morgan fingerprint density at radius 3 is 2.41 bits per heavy atom. The second-order valence-electron chi connectivity index (χ2n) is 9.48. The minimum Gasteiger partial charge on any atom is -0.454 e. The first-order chi connectivity index (χ1) is 18.4. The Balaban J connectivity index is 1.79. The Morgan fingerprint density at radius 1 is 1.05 bits per heavy atom. The highest BCUT2D eigenvalue weighted by molar-refractivity contribution is 7.92. The second kappa shape index (κ2) is 13.6. The minimum atomic E-state index is -3.64. The average Bonchev–Trinajstić information content (AvgIpc) is 3.34. The lowest BCUT2D eigenvalue weighted by molar-refractivity contribution is -0.141. The molecule has 2 aromatic rings. The molecule has 1 heterocycles. The molecule has 0 aromatic heterocycles. The third-order valence-electron chi connectivity index (χ3n) is 6.54. The molecule has 214 valence electrons. The number of fused-ring (bicyclic) bond motifs is 1. The summed E-state index contributed by atoms with van der Waals surface area (Å²) in [6.45, 7) is 5.96. The van der Waals surface area contributed by atoms with Crippen LogP contribution in [-0.4, -0.2) is 56.8 Å². The van der Waals surface area contributed by atoms with Crippen LogP contribution in [0.3, 0.4) is 0 Å². The molecule has 12 heteroatoms. The van der Waals surface area contributed by atoms with E-state index >= 15 is 0 Å². The number of rotatable bonds is 13. The first-order valence-corrected chi connectivity index (χ1v) is 15.5. The highest BCUT2D eigenvalue weighted by Crippen LogP contribution is 2.36. The van der Waals surface area contributed by atoms with Crippen LogP contribution in [-0.2, 0) is 26.2 Å². The summed E-state index contributed by atoms with van der Waals surface area (Å²) in [7, 11) is -3.64. The molecule has 0 bridgehead atoms. The van der Waals surface area contributed by atoms with Gasteiger partial charge in [-0.25, -0.2) is 8.42 Å². The lowest BCUT2D eigenvalue weighted by Crippen LogP contribution is -2.50. The number of halogens is 2. The van der Waals surface area contributed by atoms with Crippen LogP contribution < -0.4 is 19.1 Å². The molecule has 0 saturated carbocycles. The van der Waals surface area contributed by atoms with E-state index in [0.717, 1.165) is 12.7 Å². The van der Waals surface area contributed by atoms with Crippen molar-refractivity contribution >= 4 is 50.7 Å². The van der Waals surface area contributed by atoms with Crippen molar-refractivity contribution < 1.29 is 27.5 Å². The predicted octanol–water partition coefficient (Wildman–Crippen LogP) is 4.99. The number of ether oxygens (including phenoxy) is 2. The Hall–Kier alpha value is -2.69. The van der Waals surface area contributed by atoms with Crippen LogP contribution in [0, 0.1) is 0 Å². The smallest absolute Gasteiger partial charge is 0.243 e. The first kappa shape index (κ1) is 30.8. The molecule has 9 nitrogen and oxygen atoms in total. The molecule has 0 unspecified atom stereocenters. The Kier molecular flexibility index (Phi) is 10.7. The van der Waals surface area contributed by atoms with Gasteiger partial charge in [-0.2, -0.15) is 0 Å². The molecule has 1 N–H and O–H groups in total. The van der Waals surface area contributed by atoms with Gasteiger partial charge in [0.25, 0.3) is 0 Å². The highest BCUT2D eigenvalue weighted by Gasteiger charge is 2.30. The van der Waals surface area contributed by atoms with E-state index in [-0.39, 0.29) is 50.6 Å². The summed E-state index contributed by atoms with van der Waals surface area (Å²) in [6.07, 6.45) is 2.51. The maximum absolute atomic E-state index is 13.6. The molecular formula is C27H35Cl2N3O6S. The van der Waals surface area contributed by atoms with Crippen molar-refractivity contribution in [2.75, 3.05) is 23.9 Å². The number of carbonyl (C=O) groups is 2. The van der Waals surface area contributed by atoms with Crippen LogP contribution in [0.4, 0.5) is 5.69 Å². The van der Waals surface area contributed by atoms with Crippen LogP contribution in [0.25, 0.3) is 0 Å². The summed E-state index contributed by atoms with van der Waals surface area (Å²) >= 11 is 12.4. The number of nitrogens with one attached hydrogen (secondary N) is 1. The van der Waals surface area contributed by atoms with E-state index in [2.05, 4.69) is 5.32 Å². The molecule has 2 amide bonds. The van der Waals surface area contributed by atoms with Crippen LogP contribution in [0.15, 0.2) is 36.4 Å². The molecule has 0 radical (unpaired) electrons. The summed E-state index contributed by atoms with van der Waals surface area (Å²) in [5, 5.41) is 3.82. The van der Waals surface area contributed by atoms with E-state index in [4.69, 9.17) is 32.7 Å². The van der Waals surface area contributed by atoms with Crippen molar-refractivity contribution in [1.29, 1.82) is 0 Å². The van der Waals surface area contributed by atoms with Crippen LogP contribution in [0.1, 0.15) is 52.0 Å².